The highest BCUT2D eigenvalue weighted by atomic mass is 16.3. The maximum atomic E-state index is 10.0. The van der Waals surface area contributed by atoms with E-state index < -0.39 is 0 Å². The molecule has 2 heterocycles. The molecule has 0 radical (unpaired) electrons. The van der Waals surface area contributed by atoms with Crippen LogP contribution in [-0.4, -0.2) is 19.6 Å². The highest BCUT2D eigenvalue weighted by Gasteiger charge is 2.15. The van der Waals surface area contributed by atoms with Crippen LogP contribution in [0.5, 0.6) is 5.75 Å². The van der Waals surface area contributed by atoms with Crippen molar-refractivity contribution in [3.63, 3.8) is 0 Å². The third kappa shape index (κ3) is 1.79. The molecule has 3 aromatic rings. The lowest BCUT2D eigenvalue weighted by atomic mass is 10.1. The number of pyridine rings is 1. The van der Waals surface area contributed by atoms with Crippen LogP contribution in [0, 0.1) is 0 Å². The Balaban J connectivity index is 2.30. The van der Waals surface area contributed by atoms with Gasteiger partial charge in [-0.25, -0.2) is 9.97 Å². The van der Waals surface area contributed by atoms with Crippen molar-refractivity contribution < 1.29 is 5.11 Å². The first-order valence-electron chi connectivity index (χ1n) is 6.11. The molecule has 0 unspecified atom stereocenters. The first-order valence-corrected chi connectivity index (χ1v) is 6.11. The van der Waals surface area contributed by atoms with E-state index in [1.54, 1.807) is 18.3 Å². The zero-order valence-corrected chi connectivity index (χ0v) is 10.5. The van der Waals surface area contributed by atoms with E-state index in [0.29, 0.717) is 17.1 Å². The summed E-state index contributed by atoms with van der Waals surface area (Å²) in [6.07, 6.45) is 1.74. The Hall–Kier alpha value is -2.56. The molecule has 19 heavy (non-hydrogen) atoms. The smallest absolute Gasteiger partial charge is 0.160 e. The van der Waals surface area contributed by atoms with E-state index in [0.717, 1.165) is 17.7 Å². The average Bonchev–Trinajstić information content (AvgIpc) is 2.76. The molecule has 0 amide bonds. The summed E-state index contributed by atoms with van der Waals surface area (Å²) in [6.45, 7) is 2.75. The van der Waals surface area contributed by atoms with Crippen molar-refractivity contribution in [3.05, 3.63) is 36.5 Å². The number of aryl methyl sites for hydroxylation is 1. The number of hydrogen-bond donors (Lipinski definition) is 2. The Bertz CT molecular complexity index is 748. The quantitative estimate of drug-likeness (QED) is 0.688. The zero-order chi connectivity index (χ0) is 13.4. The minimum absolute atomic E-state index is 0.130. The molecule has 3 rings (SSSR count). The number of aromatic nitrogens is 3. The molecule has 0 spiro atoms. The fourth-order valence-electron chi connectivity index (χ4n) is 2.20. The predicted octanol–water partition coefficient (Wildman–Crippen LogP) is 2.41. The molecule has 0 aliphatic rings. The van der Waals surface area contributed by atoms with Gasteiger partial charge in [0.1, 0.15) is 17.1 Å². The number of nitrogens with two attached hydrogens (primary N) is 1. The van der Waals surface area contributed by atoms with Gasteiger partial charge in [0, 0.05) is 24.5 Å². The summed E-state index contributed by atoms with van der Waals surface area (Å²) in [4.78, 5) is 8.88. The molecule has 1 aromatic carbocycles. The number of benzene rings is 1. The summed E-state index contributed by atoms with van der Waals surface area (Å²) in [7, 11) is 0. The number of rotatable bonds is 2. The molecule has 5 heteroatoms. The molecule has 0 atom stereocenters. The number of imidazole rings is 1. The second kappa shape index (κ2) is 4.28. The average molecular weight is 254 g/mol. The second-order valence-electron chi connectivity index (χ2n) is 4.30. The molecule has 2 aromatic heterocycles. The number of phenolic OH excluding ortho intramolecular Hbond substituents is 1. The minimum Gasteiger partial charge on any atom is -0.507 e. The molecule has 0 fully saturated rings. The Morgan fingerprint density at radius 2 is 2.16 bits per heavy atom. The van der Waals surface area contributed by atoms with Gasteiger partial charge in [0.05, 0.1) is 5.56 Å². The van der Waals surface area contributed by atoms with Crippen LogP contribution in [0.2, 0.25) is 0 Å². The molecule has 96 valence electrons. The number of fused-ring (bicyclic) bond motifs is 1. The van der Waals surface area contributed by atoms with Crippen LogP contribution >= 0.6 is 0 Å². The van der Waals surface area contributed by atoms with Crippen molar-refractivity contribution in [2.45, 2.75) is 13.5 Å². The standard InChI is InChI=1S/C14H14N4O/c1-2-18-13(10-6-5-9(15)8-12(10)19)17-11-4-3-7-16-14(11)18/h3-8,19H,2,15H2,1H3. The number of nitrogens with zero attached hydrogens (tertiary/aromatic N) is 3. The van der Waals surface area contributed by atoms with Crippen LogP contribution in [0.3, 0.4) is 0 Å². The SMILES string of the molecule is CCn1c(-c2ccc(N)cc2O)nc2cccnc21. The lowest BCUT2D eigenvalue weighted by Crippen LogP contribution is -1.99. The summed E-state index contributed by atoms with van der Waals surface area (Å²) in [5, 5.41) is 10.0. The molecule has 0 bridgehead atoms. The summed E-state index contributed by atoms with van der Waals surface area (Å²) in [6, 6.07) is 8.82. The Labute approximate surface area is 110 Å². The number of nitrogen functional groups attached to an aromatic ring is 1. The van der Waals surface area contributed by atoms with Crippen molar-refractivity contribution >= 4 is 16.9 Å². The molecule has 3 N–H and O–H groups in total. The van der Waals surface area contributed by atoms with Gasteiger partial charge < -0.3 is 15.4 Å². The molecular formula is C14H14N4O. The van der Waals surface area contributed by atoms with Crippen molar-refractivity contribution in [1.29, 1.82) is 0 Å². The predicted molar refractivity (Wildman–Crippen MR) is 74.7 cm³/mol. The highest BCUT2D eigenvalue weighted by molar-refractivity contribution is 5.79. The van der Waals surface area contributed by atoms with Crippen molar-refractivity contribution in [3.8, 4) is 17.1 Å². The third-order valence-corrected chi connectivity index (χ3v) is 3.08. The Morgan fingerprint density at radius 1 is 1.32 bits per heavy atom. The number of phenols is 1. The highest BCUT2D eigenvalue weighted by Crippen LogP contribution is 2.31. The van der Waals surface area contributed by atoms with Gasteiger partial charge in [0.15, 0.2) is 5.65 Å². The summed E-state index contributed by atoms with van der Waals surface area (Å²) < 4.78 is 1.97. The number of hydrogen-bond acceptors (Lipinski definition) is 4. The van der Waals surface area contributed by atoms with Crippen LogP contribution < -0.4 is 5.73 Å². The van der Waals surface area contributed by atoms with Gasteiger partial charge in [0.2, 0.25) is 0 Å². The third-order valence-electron chi connectivity index (χ3n) is 3.08. The van der Waals surface area contributed by atoms with Gasteiger partial charge in [-0.15, -0.1) is 0 Å². The van der Waals surface area contributed by atoms with Gasteiger partial charge in [-0.1, -0.05) is 0 Å². The first kappa shape index (κ1) is 11.5. The lowest BCUT2D eigenvalue weighted by molar-refractivity contribution is 0.477. The van der Waals surface area contributed by atoms with E-state index in [-0.39, 0.29) is 5.75 Å². The van der Waals surface area contributed by atoms with Gasteiger partial charge in [-0.3, -0.25) is 0 Å². The molecule has 0 saturated carbocycles. The van der Waals surface area contributed by atoms with Gasteiger partial charge >= 0.3 is 0 Å². The van der Waals surface area contributed by atoms with Crippen LogP contribution in [0.1, 0.15) is 6.92 Å². The van der Waals surface area contributed by atoms with Crippen molar-refractivity contribution in [2.24, 2.45) is 0 Å². The first-order chi connectivity index (χ1) is 9.20. The van der Waals surface area contributed by atoms with Crippen LogP contribution in [-0.2, 0) is 6.54 Å². The molecule has 5 nitrogen and oxygen atoms in total. The monoisotopic (exact) mass is 254 g/mol. The van der Waals surface area contributed by atoms with E-state index in [1.165, 1.54) is 6.07 Å². The summed E-state index contributed by atoms with van der Waals surface area (Å²) in [5.74, 6) is 0.832. The summed E-state index contributed by atoms with van der Waals surface area (Å²) >= 11 is 0. The van der Waals surface area contributed by atoms with Gasteiger partial charge in [-0.05, 0) is 31.2 Å². The molecule has 0 aliphatic heterocycles. The molecule has 0 saturated heterocycles. The van der Waals surface area contributed by atoms with E-state index in [4.69, 9.17) is 5.73 Å². The fourth-order valence-corrected chi connectivity index (χ4v) is 2.20. The van der Waals surface area contributed by atoms with E-state index in [1.807, 2.05) is 23.6 Å². The van der Waals surface area contributed by atoms with Crippen molar-refractivity contribution in [2.75, 3.05) is 5.73 Å². The van der Waals surface area contributed by atoms with E-state index >= 15 is 0 Å². The van der Waals surface area contributed by atoms with Crippen LogP contribution in [0.4, 0.5) is 5.69 Å². The lowest BCUT2D eigenvalue weighted by Gasteiger charge is -2.07. The van der Waals surface area contributed by atoms with E-state index in [2.05, 4.69) is 9.97 Å². The molecular weight excluding hydrogens is 240 g/mol. The van der Waals surface area contributed by atoms with Crippen LogP contribution in [0.25, 0.3) is 22.6 Å². The molecule has 0 aliphatic carbocycles. The van der Waals surface area contributed by atoms with Gasteiger partial charge in [0.25, 0.3) is 0 Å². The fraction of sp³-hybridized carbons (Fsp3) is 0.143. The number of anilines is 1. The normalized spacial score (nSPS) is 11.0. The van der Waals surface area contributed by atoms with Gasteiger partial charge in [-0.2, -0.15) is 0 Å². The maximum absolute atomic E-state index is 10.0. The minimum atomic E-state index is 0.130. The van der Waals surface area contributed by atoms with E-state index in [9.17, 15) is 5.11 Å². The largest absolute Gasteiger partial charge is 0.507 e. The summed E-state index contributed by atoms with van der Waals surface area (Å²) in [5.41, 5.74) is 8.47. The topological polar surface area (TPSA) is 77.0 Å². The maximum Gasteiger partial charge on any atom is 0.160 e. The Morgan fingerprint density at radius 3 is 2.89 bits per heavy atom. The Kier molecular flexibility index (Phi) is 2.59. The second-order valence-corrected chi connectivity index (χ2v) is 4.30. The van der Waals surface area contributed by atoms with Crippen LogP contribution in [0.15, 0.2) is 36.5 Å². The zero-order valence-electron chi connectivity index (χ0n) is 10.5. The van der Waals surface area contributed by atoms with Crippen molar-refractivity contribution in [1.82, 2.24) is 14.5 Å². The number of aromatic hydroxyl groups is 1.